The van der Waals surface area contributed by atoms with Crippen molar-refractivity contribution in [3.8, 4) is 0 Å². The monoisotopic (exact) mass is 255 g/mol. The molecule has 1 aromatic heterocycles. The van der Waals surface area contributed by atoms with Crippen LogP contribution in [0.15, 0.2) is 18.3 Å². The van der Waals surface area contributed by atoms with Gasteiger partial charge in [-0.15, -0.1) is 0 Å². The Morgan fingerprint density at radius 3 is 2.42 bits per heavy atom. The maximum Gasteiger partial charge on any atom is 0.210 e. The first-order valence-electron chi connectivity index (χ1n) is 7.01. The zero-order valence-electron chi connectivity index (χ0n) is 12.2. The molecule has 0 saturated heterocycles. The normalized spacial score (nSPS) is 14.0. The van der Waals surface area contributed by atoms with Crippen LogP contribution in [0.1, 0.15) is 29.3 Å². The lowest BCUT2D eigenvalue weighted by Crippen LogP contribution is -2.17. The van der Waals surface area contributed by atoms with Gasteiger partial charge in [0.2, 0.25) is 5.95 Å². The highest BCUT2D eigenvalue weighted by molar-refractivity contribution is 5.68. The topological polar surface area (TPSA) is 21.1 Å². The number of anilines is 2. The molecular weight excluding hydrogens is 234 g/mol. The fourth-order valence-corrected chi connectivity index (χ4v) is 3.13. The number of hydrogen-bond acceptors (Lipinski definition) is 2. The number of hydrogen-bond donors (Lipinski definition) is 0. The van der Waals surface area contributed by atoms with Crippen molar-refractivity contribution in [3.05, 3.63) is 40.7 Å². The van der Waals surface area contributed by atoms with Gasteiger partial charge >= 0.3 is 0 Å². The number of aromatic nitrogens is 2. The van der Waals surface area contributed by atoms with Crippen LogP contribution in [-0.2, 0) is 13.0 Å². The zero-order chi connectivity index (χ0) is 13.6. The van der Waals surface area contributed by atoms with E-state index >= 15 is 0 Å². The molecule has 1 aliphatic rings. The molecule has 1 aliphatic heterocycles. The Labute approximate surface area is 114 Å². The molecule has 0 fully saturated rings. The average Bonchev–Trinajstić information content (AvgIpc) is 2.89. The smallest absolute Gasteiger partial charge is 0.210 e. The molecule has 2 heterocycles. The van der Waals surface area contributed by atoms with Crippen LogP contribution in [0.5, 0.6) is 0 Å². The standard InChI is InChI=1S/C16H21N3/c1-5-14-10-18-6-7-19(16(18)17-14)15-12(3)8-11(2)9-13(15)4/h8-10H,5-7H2,1-4H3. The summed E-state index contributed by atoms with van der Waals surface area (Å²) in [5, 5.41) is 0. The van der Waals surface area contributed by atoms with Crippen molar-refractivity contribution >= 4 is 11.6 Å². The Morgan fingerprint density at radius 2 is 1.79 bits per heavy atom. The van der Waals surface area contributed by atoms with Gasteiger partial charge in [0.15, 0.2) is 0 Å². The summed E-state index contributed by atoms with van der Waals surface area (Å²) in [5.41, 5.74) is 6.52. The molecule has 0 saturated carbocycles. The lowest BCUT2D eigenvalue weighted by molar-refractivity contribution is 0.794. The number of imidazole rings is 1. The first kappa shape index (κ1) is 12.3. The quantitative estimate of drug-likeness (QED) is 0.818. The van der Waals surface area contributed by atoms with Crippen molar-refractivity contribution in [3.63, 3.8) is 0 Å². The van der Waals surface area contributed by atoms with E-state index in [1.807, 2.05) is 0 Å². The van der Waals surface area contributed by atoms with Crippen LogP contribution in [-0.4, -0.2) is 16.1 Å². The van der Waals surface area contributed by atoms with Gasteiger partial charge in [0.1, 0.15) is 0 Å². The average molecular weight is 255 g/mol. The molecule has 3 rings (SSSR count). The molecule has 0 bridgehead atoms. The van der Waals surface area contributed by atoms with Crippen LogP contribution in [0.3, 0.4) is 0 Å². The molecule has 3 nitrogen and oxygen atoms in total. The van der Waals surface area contributed by atoms with Gasteiger partial charge in [-0.3, -0.25) is 0 Å². The van der Waals surface area contributed by atoms with E-state index < -0.39 is 0 Å². The number of nitrogens with zero attached hydrogens (tertiary/aromatic N) is 3. The second-order valence-electron chi connectivity index (χ2n) is 5.48. The van der Waals surface area contributed by atoms with Gasteiger partial charge in [-0.2, -0.15) is 0 Å². The summed E-state index contributed by atoms with van der Waals surface area (Å²) < 4.78 is 2.28. The molecule has 19 heavy (non-hydrogen) atoms. The van der Waals surface area contributed by atoms with Crippen molar-refractivity contribution in [2.75, 3.05) is 11.4 Å². The molecule has 0 radical (unpaired) electrons. The molecule has 1 aromatic carbocycles. The van der Waals surface area contributed by atoms with Gasteiger partial charge in [-0.1, -0.05) is 24.6 Å². The van der Waals surface area contributed by atoms with Crippen molar-refractivity contribution in [2.45, 2.75) is 40.7 Å². The van der Waals surface area contributed by atoms with E-state index in [0.29, 0.717) is 0 Å². The number of benzene rings is 1. The Bertz CT molecular complexity index is 602. The molecule has 3 heteroatoms. The molecule has 0 amide bonds. The van der Waals surface area contributed by atoms with Gasteiger partial charge in [0.25, 0.3) is 0 Å². The number of rotatable bonds is 2. The fraction of sp³-hybridized carbons (Fsp3) is 0.438. The minimum Gasteiger partial charge on any atom is -0.315 e. The van der Waals surface area contributed by atoms with E-state index in [0.717, 1.165) is 25.5 Å². The summed E-state index contributed by atoms with van der Waals surface area (Å²) in [6.45, 7) is 10.8. The summed E-state index contributed by atoms with van der Waals surface area (Å²) >= 11 is 0. The number of aryl methyl sites for hydroxylation is 4. The predicted octanol–water partition coefficient (Wildman–Crippen LogP) is 3.52. The highest BCUT2D eigenvalue weighted by Gasteiger charge is 2.25. The molecule has 0 unspecified atom stereocenters. The lowest BCUT2D eigenvalue weighted by atomic mass is 10.0. The molecule has 2 aromatic rings. The molecule has 0 aliphatic carbocycles. The van der Waals surface area contributed by atoms with Gasteiger partial charge in [0, 0.05) is 25.0 Å². The van der Waals surface area contributed by atoms with Crippen LogP contribution in [0.25, 0.3) is 0 Å². The Balaban J connectivity index is 2.08. The first-order chi connectivity index (χ1) is 9.10. The maximum atomic E-state index is 4.76. The first-order valence-corrected chi connectivity index (χ1v) is 7.01. The van der Waals surface area contributed by atoms with E-state index in [4.69, 9.17) is 4.98 Å². The minimum absolute atomic E-state index is 1.000. The lowest BCUT2D eigenvalue weighted by Gasteiger charge is -2.22. The third kappa shape index (κ3) is 1.93. The van der Waals surface area contributed by atoms with E-state index in [1.54, 1.807) is 0 Å². The summed E-state index contributed by atoms with van der Waals surface area (Å²) in [6.07, 6.45) is 3.19. The highest BCUT2D eigenvalue weighted by Crippen LogP contribution is 2.34. The van der Waals surface area contributed by atoms with E-state index in [-0.39, 0.29) is 0 Å². The summed E-state index contributed by atoms with van der Waals surface area (Å²) in [5.74, 6) is 1.10. The molecule has 0 N–H and O–H groups in total. The second-order valence-corrected chi connectivity index (χ2v) is 5.48. The summed E-state index contributed by atoms with van der Waals surface area (Å²) in [4.78, 5) is 7.12. The maximum absolute atomic E-state index is 4.76. The third-order valence-corrected chi connectivity index (χ3v) is 3.88. The van der Waals surface area contributed by atoms with Crippen LogP contribution < -0.4 is 4.90 Å². The van der Waals surface area contributed by atoms with Gasteiger partial charge in [-0.25, -0.2) is 4.98 Å². The fourth-order valence-electron chi connectivity index (χ4n) is 3.13. The molecular formula is C16H21N3. The largest absolute Gasteiger partial charge is 0.315 e. The summed E-state index contributed by atoms with van der Waals surface area (Å²) in [7, 11) is 0. The predicted molar refractivity (Wildman–Crippen MR) is 79.3 cm³/mol. The van der Waals surface area contributed by atoms with Gasteiger partial charge in [0.05, 0.1) is 5.69 Å². The summed E-state index contributed by atoms with van der Waals surface area (Å²) in [6, 6.07) is 4.52. The Morgan fingerprint density at radius 1 is 1.11 bits per heavy atom. The van der Waals surface area contributed by atoms with Crippen LogP contribution >= 0.6 is 0 Å². The molecule has 0 spiro atoms. The minimum atomic E-state index is 1.000. The molecule has 100 valence electrons. The van der Waals surface area contributed by atoms with Gasteiger partial charge in [-0.05, 0) is 38.3 Å². The SMILES string of the molecule is CCc1cn2c(n1)N(c1c(C)cc(C)cc1C)CC2. The van der Waals surface area contributed by atoms with Crippen LogP contribution in [0.2, 0.25) is 0 Å². The van der Waals surface area contributed by atoms with Crippen molar-refractivity contribution in [1.82, 2.24) is 9.55 Å². The molecule has 0 atom stereocenters. The van der Waals surface area contributed by atoms with Crippen LogP contribution in [0.4, 0.5) is 11.6 Å². The Hall–Kier alpha value is -1.77. The van der Waals surface area contributed by atoms with E-state index in [9.17, 15) is 0 Å². The van der Waals surface area contributed by atoms with Crippen LogP contribution in [0, 0.1) is 20.8 Å². The van der Waals surface area contributed by atoms with Crippen molar-refractivity contribution in [2.24, 2.45) is 0 Å². The van der Waals surface area contributed by atoms with Gasteiger partial charge < -0.3 is 9.47 Å². The van der Waals surface area contributed by atoms with Crippen molar-refractivity contribution in [1.29, 1.82) is 0 Å². The van der Waals surface area contributed by atoms with E-state index in [1.165, 1.54) is 28.1 Å². The zero-order valence-corrected chi connectivity index (χ0v) is 12.2. The third-order valence-electron chi connectivity index (χ3n) is 3.88. The second kappa shape index (κ2) is 4.41. The Kier molecular flexibility index (Phi) is 2.85. The highest BCUT2D eigenvalue weighted by atomic mass is 15.4. The van der Waals surface area contributed by atoms with Crippen molar-refractivity contribution < 1.29 is 0 Å². The number of fused-ring (bicyclic) bond motifs is 1. The van der Waals surface area contributed by atoms with E-state index in [2.05, 4.69) is 55.5 Å².